The Kier molecular flexibility index (Phi) is 9.28. The Balaban J connectivity index is 1.90. The van der Waals surface area contributed by atoms with Gasteiger partial charge in [-0.25, -0.2) is 9.78 Å². The second-order valence-corrected chi connectivity index (χ2v) is 9.99. The highest BCUT2D eigenvalue weighted by molar-refractivity contribution is 7.17. The van der Waals surface area contributed by atoms with Crippen LogP contribution in [0.1, 0.15) is 59.7 Å². The molecule has 3 aromatic rings. The average molecular weight is 581 g/mol. The first-order chi connectivity index (χ1) is 19.7. The topological polar surface area (TPSA) is 124 Å². The smallest absolute Gasteiger partial charge is 0.350 e. The highest BCUT2D eigenvalue weighted by Gasteiger charge is 2.48. The molecule has 1 amide bonds. The van der Waals surface area contributed by atoms with Gasteiger partial charge in [0.15, 0.2) is 16.6 Å². The van der Waals surface area contributed by atoms with Crippen molar-refractivity contribution < 1.29 is 38.4 Å². The van der Waals surface area contributed by atoms with E-state index in [9.17, 15) is 19.5 Å². The SMILES string of the molecule is CCCOc1ccc(C(O)=C2C(=O)C(=O)N(c3nc(C)c(C(=O)OC)s3)C2c2ccc(OCC)c(OCC)c2)cc1. The minimum atomic E-state index is -1.07. The summed E-state index contributed by atoms with van der Waals surface area (Å²) < 4.78 is 22.0. The van der Waals surface area contributed by atoms with Crippen LogP contribution >= 0.6 is 11.3 Å². The van der Waals surface area contributed by atoms with Crippen LogP contribution in [0.25, 0.3) is 5.76 Å². The lowest BCUT2D eigenvalue weighted by atomic mass is 9.95. The van der Waals surface area contributed by atoms with E-state index in [0.29, 0.717) is 53.9 Å². The molecule has 2 aromatic carbocycles. The Labute approximate surface area is 242 Å². The number of aromatic nitrogens is 1. The molecule has 11 heteroatoms. The fourth-order valence-electron chi connectivity index (χ4n) is 4.43. The van der Waals surface area contributed by atoms with Crippen molar-refractivity contribution in [3.05, 3.63) is 69.7 Å². The number of carbonyl (C=O) groups is 3. The average Bonchev–Trinajstić information content (AvgIpc) is 3.48. The second kappa shape index (κ2) is 12.9. The van der Waals surface area contributed by atoms with E-state index in [-0.39, 0.29) is 21.3 Å². The summed E-state index contributed by atoms with van der Waals surface area (Å²) in [7, 11) is 1.25. The van der Waals surface area contributed by atoms with E-state index >= 15 is 0 Å². The third kappa shape index (κ3) is 5.90. The van der Waals surface area contributed by atoms with E-state index in [1.54, 1.807) is 49.4 Å². The van der Waals surface area contributed by atoms with Gasteiger partial charge in [-0.15, -0.1) is 0 Å². The van der Waals surface area contributed by atoms with E-state index in [0.717, 1.165) is 17.8 Å². The van der Waals surface area contributed by atoms with Gasteiger partial charge < -0.3 is 24.1 Å². The van der Waals surface area contributed by atoms with Crippen LogP contribution in [0.4, 0.5) is 5.13 Å². The second-order valence-electron chi connectivity index (χ2n) is 9.02. The first-order valence-corrected chi connectivity index (χ1v) is 14.1. The van der Waals surface area contributed by atoms with E-state index in [4.69, 9.17) is 18.9 Å². The molecule has 0 radical (unpaired) electrons. The van der Waals surface area contributed by atoms with Crippen molar-refractivity contribution in [1.82, 2.24) is 4.98 Å². The molecule has 1 saturated heterocycles. The predicted octanol–water partition coefficient (Wildman–Crippen LogP) is 5.45. The van der Waals surface area contributed by atoms with Crippen LogP contribution in [0, 0.1) is 6.92 Å². The van der Waals surface area contributed by atoms with E-state index < -0.39 is 23.7 Å². The van der Waals surface area contributed by atoms with Crippen LogP contribution in [-0.2, 0) is 14.3 Å². The summed E-state index contributed by atoms with van der Waals surface area (Å²) in [6.45, 7) is 8.58. The molecular formula is C30H32N2O8S. The molecule has 0 saturated carbocycles. The number of benzene rings is 2. The summed E-state index contributed by atoms with van der Waals surface area (Å²) in [5, 5.41) is 11.6. The summed E-state index contributed by atoms with van der Waals surface area (Å²) >= 11 is 0.929. The van der Waals surface area contributed by atoms with Gasteiger partial charge in [0.05, 0.1) is 44.2 Å². The Morgan fingerprint density at radius 1 is 1.00 bits per heavy atom. The summed E-state index contributed by atoms with van der Waals surface area (Å²) in [6.07, 6.45) is 0.838. The molecule has 1 aromatic heterocycles. The number of aliphatic hydroxyl groups is 1. The molecule has 0 spiro atoms. The highest BCUT2D eigenvalue weighted by atomic mass is 32.1. The van der Waals surface area contributed by atoms with Crippen LogP contribution < -0.4 is 19.1 Å². The van der Waals surface area contributed by atoms with Crippen LogP contribution in [0.2, 0.25) is 0 Å². The fraction of sp³-hybridized carbons (Fsp3) is 0.333. The van der Waals surface area contributed by atoms with E-state index in [1.165, 1.54) is 12.0 Å². The van der Waals surface area contributed by atoms with Gasteiger partial charge in [-0.2, -0.15) is 0 Å². The molecular weight excluding hydrogens is 548 g/mol. The van der Waals surface area contributed by atoms with E-state index in [1.807, 2.05) is 20.8 Å². The number of Topliss-reactive ketones (excluding diaryl/α,β-unsaturated/α-hetero) is 1. The third-order valence-corrected chi connectivity index (χ3v) is 7.43. The number of amides is 1. The van der Waals surface area contributed by atoms with Crippen molar-refractivity contribution >= 4 is 39.9 Å². The van der Waals surface area contributed by atoms with Crippen molar-refractivity contribution in [2.24, 2.45) is 0 Å². The number of ketones is 1. The molecule has 1 unspecified atom stereocenters. The summed E-state index contributed by atoms with van der Waals surface area (Å²) in [5.41, 5.74) is 1.03. The van der Waals surface area contributed by atoms with E-state index in [2.05, 4.69) is 4.98 Å². The van der Waals surface area contributed by atoms with Crippen molar-refractivity contribution in [2.75, 3.05) is 31.8 Å². The largest absolute Gasteiger partial charge is 0.507 e. The van der Waals surface area contributed by atoms with Crippen molar-refractivity contribution in [3.63, 3.8) is 0 Å². The number of hydrogen-bond donors (Lipinski definition) is 1. The molecule has 1 N–H and O–H groups in total. The van der Waals surface area contributed by atoms with Crippen LogP contribution in [-0.4, -0.2) is 54.7 Å². The van der Waals surface area contributed by atoms with Crippen molar-refractivity contribution in [1.29, 1.82) is 0 Å². The van der Waals surface area contributed by atoms with Gasteiger partial charge in [0.25, 0.3) is 5.78 Å². The van der Waals surface area contributed by atoms with Gasteiger partial charge in [0.2, 0.25) is 0 Å². The van der Waals surface area contributed by atoms with Gasteiger partial charge >= 0.3 is 11.9 Å². The van der Waals surface area contributed by atoms with Gasteiger partial charge in [-0.3, -0.25) is 14.5 Å². The quantitative estimate of drug-likeness (QED) is 0.136. The van der Waals surface area contributed by atoms with Crippen LogP contribution in [0.15, 0.2) is 48.0 Å². The molecule has 41 heavy (non-hydrogen) atoms. The Morgan fingerprint density at radius 2 is 1.68 bits per heavy atom. The minimum absolute atomic E-state index is 0.115. The number of thiazole rings is 1. The van der Waals surface area contributed by atoms with Crippen LogP contribution in [0.5, 0.6) is 17.2 Å². The van der Waals surface area contributed by atoms with Crippen molar-refractivity contribution in [2.45, 2.75) is 40.2 Å². The summed E-state index contributed by atoms with van der Waals surface area (Å²) in [5.74, 6) is -1.22. The Hall–Kier alpha value is -4.38. The molecule has 1 atom stereocenters. The van der Waals surface area contributed by atoms with Gasteiger partial charge in [0, 0.05) is 5.56 Å². The molecule has 0 bridgehead atoms. The number of rotatable bonds is 11. The first-order valence-electron chi connectivity index (χ1n) is 13.2. The number of aliphatic hydroxyl groups excluding tert-OH is 1. The lowest BCUT2D eigenvalue weighted by Crippen LogP contribution is -2.29. The molecule has 1 fully saturated rings. The molecule has 2 heterocycles. The van der Waals surface area contributed by atoms with Gasteiger partial charge in [-0.05, 0) is 69.2 Å². The maximum absolute atomic E-state index is 13.6. The predicted molar refractivity (Wildman–Crippen MR) is 154 cm³/mol. The molecule has 216 valence electrons. The summed E-state index contributed by atoms with van der Waals surface area (Å²) in [4.78, 5) is 45.2. The van der Waals surface area contributed by atoms with Crippen LogP contribution in [0.3, 0.4) is 0 Å². The summed E-state index contributed by atoms with van der Waals surface area (Å²) in [6, 6.07) is 10.6. The minimum Gasteiger partial charge on any atom is -0.507 e. The van der Waals surface area contributed by atoms with Gasteiger partial charge in [-0.1, -0.05) is 24.3 Å². The number of esters is 1. The number of methoxy groups -OCH3 is 1. The normalized spacial score (nSPS) is 16.1. The highest BCUT2D eigenvalue weighted by Crippen LogP contribution is 2.45. The molecule has 1 aliphatic rings. The molecule has 10 nitrogen and oxygen atoms in total. The lowest BCUT2D eigenvalue weighted by Gasteiger charge is -2.24. The Bertz CT molecular complexity index is 1480. The monoisotopic (exact) mass is 580 g/mol. The first kappa shape index (κ1) is 29.6. The number of ether oxygens (including phenoxy) is 4. The fourth-order valence-corrected chi connectivity index (χ4v) is 5.45. The number of anilines is 1. The van der Waals surface area contributed by atoms with Crippen molar-refractivity contribution in [3.8, 4) is 17.2 Å². The zero-order valence-corrected chi connectivity index (χ0v) is 24.4. The number of aryl methyl sites for hydroxylation is 1. The maximum Gasteiger partial charge on any atom is 0.350 e. The zero-order chi connectivity index (χ0) is 29.7. The number of hydrogen-bond acceptors (Lipinski definition) is 10. The standard InChI is InChI=1S/C30H32N2O8S/c1-6-15-40-20-12-9-18(10-13-20)25(33)23-24(19-11-14-21(38-7-2)22(16-19)39-8-3)32(28(35)26(23)34)30-31-17(4)27(41-30)29(36)37-5/h9-14,16,24,33H,6-8,15H2,1-5H3. The lowest BCUT2D eigenvalue weighted by molar-refractivity contribution is -0.132. The third-order valence-electron chi connectivity index (χ3n) is 6.29. The maximum atomic E-state index is 13.6. The Morgan fingerprint density at radius 3 is 2.32 bits per heavy atom. The zero-order valence-electron chi connectivity index (χ0n) is 23.6. The molecule has 0 aliphatic carbocycles. The molecule has 4 rings (SSSR count). The van der Waals surface area contributed by atoms with Gasteiger partial charge in [0.1, 0.15) is 16.4 Å². The molecule has 1 aliphatic heterocycles. The number of nitrogens with zero attached hydrogens (tertiary/aromatic N) is 2. The number of carbonyl (C=O) groups excluding carboxylic acids is 3.